The molecule has 2 aliphatic rings. The molecule has 2 atom stereocenters. The van der Waals surface area contributed by atoms with Gasteiger partial charge in [0.15, 0.2) is 0 Å². The maximum atomic E-state index is 14.3. The number of amides is 2. The highest BCUT2D eigenvalue weighted by atomic mass is 19.1. The van der Waals surface area contributed by atoms with Crippen LogP contribution in [0.25, 0.3) is 11.1 Å². The first kappa shape index (κ1) is 32.9. The van der Waals surface area contributed by atoms with Gasteiger partial charge in [0.25, 0.3) is 0 Å². The summed E-state index contributed by atoms with van der Waals surface area (Å²) in [4.78, 5) is 41.9. The summed E-state index contributed by atoms with van der Waals surface area (Å²) in [5.41, 5.74) is 4.31. The molecular formula is C39H38F2N2O5. The fourth-order valence-corrected chi connectivity index (χ4v) is 6.76. The fourth-order valence-electron chi connectivity index (χ4n) is 6.76. The molecule has 0 aromatic heterocycles. The van der Waals surface area contributed by atoms with E-state index in [1.807, 2.05) is 60.7 Å². The lowest BCUT2D eigenvalue weighted by Crippen LogP contribution is -2.51. The third-order valence-electron chi connectivity index (χ3n) is 9.38. The van der Waals surface area contributed by atoms with E-state index >= 15 is 0 Å². The van der Waals surface area contributed by atoms with Crippen LogP contribution in [-0.2, 0) is 33.8 Å². The Balaban J connectivity index is 1.24. The number of nitrogens with zero attached hydrogens (tertiary/aromatic N) is 1. The Hall–Kier alpha value is -5.05. The number of ether oxygens (including phenoxy) is 1. The van der Waals surface area contributed by atoms with Crippen molar-refractivity contribution in [1.29, 1.82) is 0 Å². The number of carboxylic acids is 1. The number of carboxylic acid groups (broad SMARTS) is 1. The summed E-state index contributed by atoms with van der Waals surface area (Å²) in [5.74, 6) is -2.74. The molecule has 6 rings (SSSR count). The summed E-state index contributed by atoms with van der Waals surface area (Å²) in [6.07, 6.45) is 4.98. The van der Waals surface area contributed by atoms with Crippen LogP contribution < -0.4 is 10.1 Å². The number of fused-ring (bicyclic) bond motifs is 1. The van der Waals surface area contributed by atoms with Gasteiger partial charge in [-0.3, -0.25) is 9.59 Å². The van der Waals surface area contributed by atoms with Crippen molar-refractivity contribution in [2.24, 2.45) is 5.92 Å². The molecule has 2 N–H and O–H groups in total. The molecule has 1 unspecified atom stereocenters. The van der Waals surface area contributed by atoms with E-state index in [9.17, 15) is 28.3 Å². The number of rotatable bonds is 11. The number of nitrogens with one attached hydrogen (secondary N) is 1. The Morgan fingerprint density at radius 2 is 1.62 bits per heavy atom. The van der Waals surface area contributed by atoms with E-state index in [-0.39, 0.29) is 30.4 Å². The molecule has 7 nitrogen and oxygen atoms in total. The van der Waals surface area contributed by atoms with Crippen molar-refractivity contribution >= 4 is 17.8 Å². The van der Waals surface area contributed by atoms with Gasteiger partial charge in [0.05, 0.1) is 0 Å². The molecular weight excluding hydrogens is 614 g/mol. The lowest BCUT2D eigenvalue weighted by Gasteiger charge is -2.37. The fraction of sp³-hybridized carbons (Fsp3) is 0.308. The predicted octanol–water partition coefficient (Wildman–Crippen LogP) is 7.03. The van der Waals surface area contributed by atoms with Gasteiger partial charge >= 0.3 is 5.97 Å². The minimum atomic E-state index is -1.24. The highest BCUT2D eigenvalue weighted by molar-refractivity contribution is 5.92. The van der Waals surface area contributed by atoms with Crippen LogP contribution >= 0.6 is 0 Å². The van der Waals surface area contributed by atoms with Crippen LogP contribution in [0.1, 0.15) is 60.4 Å². The minimum Gasteiger partial charge on any atom is -0.489 e. The van der Waals surface area contributed by atoms with Gasteiger partial charge in [-0.2, -0.15) is 0 Å². The Morgan fingerprint density at radius 3 is 2.33 bits per heavy atom. The summed E-state index contributed by atoms with van der Waals surface area (Å²) in [6.45, 7) is 0.145. The summed E-state index contributed by atoms with van der Waals surface area (Å²) < 4.78 is 33.5. The number of hydrogen-bond donors (Lipinski definition) is 2. The minimum absolute atomic E-state index is 0.0537. The third kappa shape index (κ3) is 7.73. The zero-order valence-corrected chi connectivity index (χ0v) is 26.5. The topological polar surface area (TPSA) is 95.9 Å². The molecule has 0 bridgehead atoms. The smallest absolute Gasteiger partial charge is 0.326 e. The van der Waals surface area contributed by atoms with E-state index in [0.717, 1.165) is 60.1 Å². The van der Waals surface area contributed by atoms with Gasteiger partial charge in [0, 0.05) is 31.0 Å². The maximum Gasteiger partial charge on any atom is 0.326 e. The van der Waals surface area contributed by atoms with Crippen molar-refractivity contribution in [3.8, 4) is 16.9 Å². The van der Waals surface area contributed by atoms with E-state index in [1.165, 1.54) is 6.07 Å². The first-order valence-electron chi connectivity index (χ1n) is 16.4. The van der Waals surface area contributed by atoms with E-state index in [4.69, 9.17) is 4.74 Å². The Labute approximate surface area is 278 Å². The maximum absolute atomic E-state index is 14.3. The van der Waals surface area contributed by atoms with Gasteiger partial charge in [-0.1, -0.05) is 73.5 Å². The zero-order valence-electron chi connectivity index (χ0n) is 26.5. The standard InChI is InChI=1S/C39H38F2N2O5/c40-31-16-14-30(34(41)22-31)24-48-32-17-15-29-18-19-43(36(44)21-25-6-4-5-7-25)37(33(29)23-32)38(45)42-35(39(46)47)20-26-10-12-28(13-11-26)27-8-2-1-3-9-27/h1-3,8-17,22-23,25,35,37H,4-7,18-21,24H2,(H,42,45)(H,46,47)/t35-,37?/m0/s1. The predicted molar refractivity (Wildman–Crippen MR) is 177 cm³/mol. The van der Waals surface area contributed by atoms with Crippen LogP contribution in [0.3, 0.4) is 0 Å². The number of carbonyl (C=O) groups excluding carboxylic acids is 2. The van der Waals surface area contributed by atoms with E-state index in [0.29, 0.717) is 30.7 Å². The summed E-state index contributed by atoms with van der Waals surface area (Å²) in [7, 11) is 0. The second-order valence-corrected chi connectivity index (χ2v) is 12.6. The molecule has 1 fully saturated rings. The van der Waals surface area contributed by atoms with Gasteiger partial charge in [-0.15, -0.1) is 0 Å². The SMILES string of the molecule is O=C(N[C@@H](Cc1ccc(-c2ccccc2)cc1)C(=O)O)C1c2cc(OCc3ccc(F)cc3F)ccc2CCN1C(=O)CC1CCCC1. The van der Waals surface area contributed by atoms with Crippen LogP contribution in [0, 0.1) is 17.6 Å². The quantitative estimate of drug-likeness (QED) is 0.182. The van der Waals surface area contributed by atoms with Crippen LogP contribution in [0.4, 0.5) is 8.78 Å². The van der Waals surface area contributed by atoms with Crippen molar-refractivity contribution in [1.82, 2.24) is 10.2 Å². The number of aliphatic carboxylic acids is 1. The molecule has 1 aliphatic heterocycles. The highest BCUT2D eigenvalue weighted by Gasteiger charge is 2.38. The van der Waals surface area contributed by atoms with Gasteiger partial charge in [0.1, 0.15) is 36.1 Å². The van der Waals surface area contributed by atoms with Crippen molar-refractivity contribution in [2.45, 2.75) is 63.6 Å². The largest absolute Gasteiger partial charge is 0.489 e. The van der Waals surface area contributed by atoms with Crippen molar-refractivity contribution in [2.75, 3.05) is 6.54 Å². The monoisotopic (exact) mass is 652 g/mol. The van der Waals surface area contributed by atoms with E-state index in [1.54, 1.807) is 17.0 Å². The Kier molecular flexibility index (Phi) is 10.1. The Morgan fingerprint density at radius 1 is 0.896 bits per heavy atom. The molecule has 0 saturated heterocycles. The molecule has 4 aromatic carbocycles. The van der Waals surface area contributed by atoms with Gasteiger partial charge in [0.2, 0.25) is 11.8 Å². The van der Waals surface area contributed by atoms with Crippen molar-refractivity contribution in [3.05, 3.63) is 125 Å². The molecule has 1 heterocycles. The van der Waals surface area contributed by atoms with Crippen LogP contribution in [0.5, 0.6) is 5.75 Å². The molecule has 1 saturated carbocycles. The summed E-state index contributed by atoms with van der Waals surface area (Å²) >= 11 is 0. The average molecular weight is 653 g/mol. The lowest BCUT2D eigenvalue weighted by atomic mass is 9.90. The van der Waals surface area contributed by atoms with Gasteiger partial charge < -0.3 is 20.1 Å². The normalized spacial score (nSPS) is 16.6. The second-order valence-electron chi connectivity index (χ2n) is 12.6. The van der Waals surface area contributed by atoms with Crippen LogP contribution in [0.2, 0.25) is 0 Å². The van der Waals surface area contributed by atoms with E-state index in [2.05, 4.69) is 5.32 Å². The first-order valence-corrected chi connectivity index (χ1v) is 16.4. The second kappa shape index (κ2) is 14.8. The first-order chi connectivity index (χ1) is 23.2. The number of carbonyl (C=O) groups is 3. The van der Waals surface area contributed by atoms with Gasteiger partial charge in [-0.05, 0) is 77.3 Å². The molecule has 248 valence electrons. The number of halogens is 2. The zero-order chi connectivity index (χ0) is 33.6. The summed E-state index contributed by atoms with van der Waals surface area (Å²) in [5, 5.41) is 12.9. The van der Waals surface area contributed by atoms with Crippen LogP contribution in [0.15, 0.2) is 91.0 Å². The molecule has 4 aromatic rings. The Bertz CT molecular complexity index is 1770. The molecule has 0 spiro atoms. The number of benzene rings is 4. The van der Waals surface area contributed by atoms with Gasteiger partial charge in [-0.25, -0.2) is 13.6 Å². The van der Waals surface area contributed by atoms with Crippen LogP contribution in [-0.4, -0.2) is 40.4 Å². The lowest BCUT2D eigenvalue weighted by molar-refractivity contribution is -0.145. The highest BCUT2D eigenvalue weighted by Crippen LogP contribution is 2.36. The average Bonchev–Trinajstić information content (AvgIpc) is 3.60. The van der Waals surface area contributed by atoms with Crippen molar-refractivity contribution < 1.29 is 33.0 Å². The molecule has 48 heavy (non-hydrogen) atoms. The summed E-state index contributed by atoms with van der Waals surface area (Å²) in [6, 6.07) is 23.5. The molecule has 9 heteroatoms. The third-order valence-corrected chi connectivity index (χ3v) is 9.38. The number of hydrogen-bond acceptors (Lipinski definition) is 4. The van der Waals surface area contributed by atoms with E-state index < -0.39 is 35.6 Å². The van der Waals surface area contributed by atoms with Crippen molar-refractivity contribution in [3.63, 3.8) is 0 Å². The molecule has 1 aliphatic carbocycles. The molecule has 0 radical (unpaired) electrons. The molecule has 2 amide bonds.